The number of allylic oxidation sites excluding steroid dienone is 1. The second-order valence-corrected chi connectivity index (χ2v) is 9.35. The molecule has 0 radical (unpaired) electrons. The van der Waals surface area contributed by atoms with Crippen molar-refractivity contribution in [1.29, 1.82) is 0 Å². The number of methoxy groups -OCH3 is 1. The largest absolute Gasteiger partial charge is 0.476 e. The van der Waals surface area contributed by atoms with Crippen LogP contribution in [-0.4, -0.2) is 33.4 Å². The fourth-order valence-electron chi connectivity index (χ4n) is 3.93. The van der Waals surface area contributed by atoms with E-state index in [-0.39, 0.29) is 6.29 Å². The average molecular weight is 471 g/mol. The Kier molecular flexibility index (Phi) is 28.9. The molecule has 0 fully saturated rings. The maximum absolute atomic E-state index is 6.15. The van der Waals surface area contributed by atoms with Crippen LogP contribution in [0.1, 0.15) is 142 Å². The molecule has 4 heteroatoms. The number of hydrogen-bond donors (Lipinski definition) is 0. The number of rotatable bonds is 28. The molecule has 0 aromatic heterocycles. The van der Waals surface area contributed by atoms with E-state index in [1.807, 2.05) is 0 Å². The minimum Gasteiger partial charge on any atom is -0.476 e. The Balaban J connectivity index is 3.88. The molecule has 0 aromatic carbocycles. The molecule has 0 N–H and O–H groups in total. The van der Waals surface area contributed by atoms with Crippen molar-refractivity contribution in [2.75, 3.05) is 27.1 Å². The van der Waals surface area contributed by atoms with Crippen molar-refractivity contribution in [2.45, 2.75) is 149 Å². The van der Waals surface area contributed by atoms with Crippen LogP contribution in [0.4, 0.5) is 0 Å². The van der Waals surface area contributed by atoms with E-state index in [4.69, 9.17) is 18.9 Å². The molecule has 198 valence electrons. The maximum atomic E-state index is 6.15. The van der Waals surface area contributed by atoms with Crippen LogP contribution in [-0.2, 0) is 18.9 Å². The molecule has 0 atom stereocenters. The Morgan fingerprint density at radius 1 is 0.576 bits per heavy atom. The van der Waals surface area contributed by atoms with Crippen molar-refractivity contribution in [2.24, 2.45) is 0 Å². The van der Waals surface area contributed by atoms with Crippen LogP contribution in [0, 0.1) is 0 Å². The van der Waals surface area contributed by atoms with E-state index < -0.39 is 0 Å². The average Bonchev–Trinajstić information content (AvgIpc) is 2.83. The highest BCUT2D eigenvalue weighted by Gasteiger charge is 2.09. The normalized spacial score (nSPS) is 11.8. The Morgan fingerprint density at radius 2 is 1.06 bits per heavy atom. The van der Waals surface area contributed by atoms with Gasteiger partial charge in [-0.25, -0.2) is 0 Å². The summed E-state index contributed by atoms with van der Waals surface area (Å²) >= 11 is 0. The summed E-state index contributed by atoms with van der Waals surface area (Å²) in [5.74, 6) is 0. The molecular formula is C29H58O4. The van der Waals surface area contributed by atoms with Crippen LogP contribution in [0.3, 0.4) is 0 Å². The van der Waals surface area contributed by atoms with Gasteiger partial charge < -0.3 is 18.9 Å². The summed E-state index contributed by atoms with van der Waals surface area (Å²) in [7, 11) is 1.64. The highest BCUT2D eigenvalue weighted by Crippen LogP contribution is 2.14. The first kappa shape index (κ1) is 32.4. The summed E-state index contributed by atoms with van der Waals surface area (Å²) in [6.45, 7) is 6.58. The van der Waals surface area contributed by atoms with Crippen molar-refractivity contribution >= 4 is 0 Å². The van der Waals surface area contributed by atoms with Gasteiger partial charge in [-0.15, -0.1) is 0 Å². The predicted molar refractivity (Wildman–Crippen MR) is 141 cm³/mol. The summed E-state index contributed by atoms with van der Waals surface area (Å²) < 4.78 is 22.3. The third-order valence-corrected chi connectivity index (χ3v) is 6.04. The lowest BCUT2D eigenvalue weighted by atomic mass is 10.1. The second-order valence-electron chi connectivity index (χ2n) is 9.35. The molecule has 0 aliphatic rings. The Hall–Kier alpha value is -0.580. The van der Waals surface area contributed by atoms with Crippen LogP contribution in [0.5, 0.6) is 0 Å². The summed E-state index contributed by atoms with van der Waals surface area (Å²) in [4.78, 5) is 0. The molecule has 0 saturated heterocycles. The van der Waals surface area contributed by atoms with Crippen molar-refractivity contribution in [3.8, 4) is 0 Å². The van der Waals surface area contributed by atoms with Crippen molar-refractivity contribution in [3.63, 3.8) is 0 Å². The summed E-state index contributed by atoms with van der Waals surface area (Å²) in [5, 5.41) is 0. The lowest BCUT2D eigenvalue weighted by Gasteiger charge is -2.19. The molecule has 0 bridgehead atoms. The van der Waals surface area contributed by atoms with E-state index in [0.717, 1.165) is 26.1 Å². The molecule has 33 heavy (non-hydrogen) atoms. The molecule has 0 aliphatic carbocycles. The monoisotopic (exact) mass is 470 g/mol. The number of ether oxygens (including phenoxy) is 4. The van der Waals surface area contributed by atoms with Crippen LogP contribution in [0.15, 0.2) is 12.3 Å². The molecule has 0 aromatic rings. The zero-order valence-corrected chi connectivity index (χ0v) is 22.6. The first-order valence-corrected chi connectivity index (χ1v) is 14.3. The molecule has 0 saturated carbocycles. The van der Waals surface area contributed by atoms with Gasteiger partial charge in [0.25, 0.3) is 0 Å². The molecule has 0 unspecified atom stereocenters. The molecule has 0 amide bonds. The fourth-order valence-corrected chi connectivity index (χ4v) is 3.93. The van der Waals surface area contributed by atoms with Gasteiger partial charge in [-0.05, 0) is 44.6 Å². The van der Waals surface area contributed by atoms with Gasteiger partial charge in [-0.3, -0.25) is 0 Å². The summed E-state index contributed by atoms with van der Waals surface area (Å²) in [6, 6.07) is 0. The molecular weight excluding hydrogens is 412 g/mol. The van der Waals surface area contributed by atoms with Gasteiger partial charge in [0.2, 0.25) is 0 Å². The third kappa shape index (κ3) is 27.5. The lowest BCUT2D eigenvalue weighted by Crippen LogP contribution is -2.19. The predicted octanol–water partition coefficient (Wildman–Crippen LogP) is 9.32. The Labute approximate surface area is 207 Å². The smallest absolute Gasteiger partial charge is 0.187 e. The van der Waals surface area contributed by atoms with Crippen LogP contribution < -0.4 is 0 Å². The number of unbranched alkanes of at least 4 members (excludes halogenated alkanes) is 16. The summed E-state index contributed by atoms with van der Waals surface area (Å²) in [5.41, 5.74) is 0. The Morgan fingerprint density at radius 3 is 1.61 bits per heavy atom. The van der Waals surface area contributed by atoms with Crippen molar-refractivity contribution < 1.29 is 18.9 Å². The van der Waals surface area contributed by atoms with Crippen LogP contribution in [0.2, 0.25) is 0 Å². The minimum absolute atomic E-state index is 0.00692. The first-order valence-electron chi connectivity index (χ1n) is 14.3. The third-order valence-electron chi connectivity index (χ3n) is 6.04. The topological polar surface area (TPSA) is 36.9 Å². The standard InChI is InChI=1S/C29H58O4/c1-4-6-8-10-13-18-22-26-32-29(33-27-23-19-14-11-9-7-5-2)24-20-16-12-15-17-21-25-31-28-30-3/h21,25,29H,4-20,22-24,26-28H2,1-3H3. The van der Waals surface area contributed by atoms with Gasteiger partial charge >= 0.3 is 0 Å². The molecule has 0 aliphatic heterocycles. The molecule has 0 rings (SSSR count). The summed E-state index contributed by atoms with van der Waals surface area (Å²) in [6.07, 6.45) is 29.3. The van der Waals surface area contributed by atoms with E-state index in [9.17, 15) is 0 Å². The molecule has 4 nitrogen and oxygen atoms in total. The van der Waals surface area contributed by atoms with Gasteiger partial charge in [-0.1, -0.05) is 104 Å². The quantitative estimate of drug-likeness (QED) is 0.0648. The van der Waals surface area contributed by atoms with E-state index in [1.165, 1.54) is 116 Å². The van der Waals surface area contributed by atoms with E-state index >= 15 is 0 Å². The van der Waals surface area contributed by atoms with Gasteiger partial charge in [0.05, 0.1) is 6.26 Å². The van der Waals surface area contributed by atoms with Gasteiger partial charge in [-0.2, -0.15) is 0 Å². The lowest BCUT2D eigenvalue weighted by molar-refractivity contribution is -0.148. The minimum atomic E-state index is -0.00692. The van der Waals surface area contributed by atoms with Crippen molar-refractivity contribution in [1.82, 2.24) is 0 Å². The van der Waals surface area contributed by atoms with E-state index in [1.54, 1.807) is 13.4 Å². The highest BCUT2D eigenvalue weighted by molar-refractivity contribution is 4.72. The number of hydrogen-bond acceptors (Lipinski definition) is 4. The van der Waals surface area contributed by atoms with Crippen molar-refractivity contribution in [3.05, 3.63) is 12.3 Å². The van der Waals surface area contributed by atoms with Gasteiger partial charge in [0.15, 0.2) is 13.1 Å². The highest BCUT2D eigenvalue weighted by atomic mass is 16.7. The van der Waals surface area contributed by atoms with Gasteiger partial charge in [0, 0.05) is 20.3 Å². The fraction of sp³-hybridized carbons (Fsp3) is 0.931. The van der Waals surface area contributed by atoms with Crippen LogP contribution in [0.25, 0.3) is 0 Å². The first-order chi connectivity index (χ1) is 16.3. The SMILES string of the molecule is CCCCCCCCCOC(CCCCCCC=COCOC)OCCCCCCCCC. The maximum Gasteiger partial charge on any atom is 0.187 e. The zero-order valence-electron chi connectivity index (χ0n) is 22.6. The molecule has 0 heterocycles. The molecule has 0 spiro atoms. The van der Waals surface area contributed by atoms with Gasteiger partial charge in [0.1, 0.15) is 0 Å². The Bertz CT molecular complexity index is 353. The second kappa shape index (κ2) is 29.5. The van der Waals surface area contributed by atoms with E-state index in [2.05, 4.69) is 19.9 Å². The zero-order chi connectivity index (χ0) is 24.1. The van der Waals surface area contributed by atoms with Crippen LogP contribution >= 0.6 is 0 Å². The van der Waals surface area contributed by atoms with E-state index in [0.29, 0.717) is 6.79 Å².